The summed E-state index contributed by atoms with van der Waals surface area (Å²) in [6.45, 7) is 0. The van der Waals surface area contributed by atoms with Gasteiger partial charge < -0.3 is 0 Å². The summed E-state index contributed by atoms with van der Waals surface area (Å²) in [4.78, 5) is 30.2. The molecule has 5 aromatic carbocycles. The van der Waals surface area contributed by atoms with Crippen LogP contribution in [0.2, 0.25) is 0 Å². The van der Waals surface area contributed by atoms with Crippen molar-refractivity contribution in [1.29, 1.82) is 0 Å². The van der Waals surface area contributed by atoms with Gasteiger partial charge in [-0.3, -0.25) is 0 Å². The first-order valence-electron chi connectivity index (χ1n) is 15.1. The van der Waals surface area contributed by atoms with Gasteiger partial charge in [0.2, 0.25) is 0 Å². The second kappa shape index (κ2) is 10.6. The smallest absolute Gasteiger partial charge is 0.160 e. The Morgan fingerprint density at radius 1 is 0.370 bits per heavy atom. The van der Waals surface area contributed by atoms with Crippen LogP contribution in [-0.4, -0.2) is 29.9 Å². The Balaban J connectivity index is 1.39. The Morgan fingerprint density at radius 3 is 1.24 bits per heavy atom. The maximum Gasteiger partial charge on any atom is 0.160 e. The van der Waals surface area contributed by atoms with E-state index in [1.54, 1.807) is 0 Å². The van der Waals surface area contributed by atoms with E-state index in [2.05, 4.69) is 48.5 Å². The van der Waals surface area contributed by atoms with Crippen LogP contribution in [0.25, 0.3) is 88.9 Å². The van der Waals surface area contributed by atoms with Crippen LogP contribution < -0.4 is 0 Å². The van der Waals surface area contributed by atoms with Gasteiger partial charge in [0.25, 0.3) is 0 Å². The van der Waals surface area contributed by atoms with E-state index in [-0.39, 0.29) is 0 Å². The predicted octanol–water partition coefficient (Wildman–Crippen LogP) is 9.34. The lowest BCUT2D eigenvalue weighted by atomic mass is 9.98. The van der Waals surface area contributed by atoms with E-state index in [0.717, 1.165) is 77.3 Å². The lowest BCUT2D eigenvalue weighted by Crippen LogP contribution is -1.98. The van der Waals surface area contributed by atoms with Gasteiger partial charge in [0, 0.05) is 56.2 Å². The van der Waals surface area contributed by atoms with Crippen molar-refractivity contribution < 1.29 is 0 Å². The lowest BCUT2D eigenvalue weighted by molar-refractivity contribution is 1.22. The molecule has 9 rings (SSSR count). The average molecular weight is 589 g/mol. The number of benzene rings is 5. The zero-order chi connectivity index (χ0) is 30.5. The van der Waals surface area contributed by atoms with Crippen LogP contribution in [0.4, 0.5) is 0 Å². The van der Waals surface area contributed by atoms with E-state index < -0.39 is 0 Å². The lowest BCUT2D eigenvalue weighted by Gasteiger charge is -2.14. The van der Waals surface area contributed by atoms with Crippen LogP contribution in [0.3, 0.4) is 0 Å². The molecule has 0 spiro atoms. The molecule has 0 radical (unpaired) electrons. The zero-order valence-electron chi connectivity index (χ0n) is 24.5. The van der Waals surface area contributed by atoms with Gasteiger partial charge in [0.15, 0.2) is 11.6 Å². The Bertz CT molecular complexity index is 2400. The molecule has 0 saturated carbocycles. The number of aromatic nitrogens is 6. The second-order valence-corrected chi connectivity index (χ2v) is 11.2. The number of hydrogen-bond donors (Lipinski definition) is 0. The molecule has 0 saturated heterocycles. The van der Waals surface area contributed by atoms with E-state index in [1.807, 2.05) is 97.3 Å². The van der Waals surface area contributed by atoms with Crippen LogP contribution in [0.1, 0.15) is 0 Å². The van der Waals surface area contributed by atoms with Crippen molar-refractivity contribution in [3.05, 3.63) is 146 Å². The van der Waals surface area contributed by atoms with E-state index in [0.29, 0.717) is 11.6 Å². The van der Waals surface area contributed by atoms with Crippen LogP contribution in [0.15, 0.2) is 146 Å². The van der Waals surface area contributed by atoms with Gasteiger partial charge in [-0.2, -0.15) is 0 Å². The fraction of sp³-hybridized carbons (Fsp3) is 0. The molecule has 0 N–H and O–H groups in total. The highest BCUT2D eigenvalue weighted by atomic mass is 14.9. The minimum Gasteiger partial charge on any atom is -0.245 e. The second-order valence-electron chi connectivity index (χ2n) is 11.2. The maximum absolute atomic E-state index is 5.28. The number of hydrogen-bond acceptors (Lipinski definition) is 6. The molecular formula is C40H24N6. The van der Waals surface area contributed by atoms with Crippen molar-refractivity contribution in [2.75, 3.05) is 0 Å². The largest absolute Gasteiger partial charge is 0.245 e. The number of fused-ring (bicyclic) bond motifs is 5. The fourth-order valence-corrected chi connectivity index (χ4v) is 6.06. The van der Waals surface area contributed by atoms with Gasteiger partial charge >= 0.3 is 0 Å². The van der Waals surface area contributed by atoms with Crippen molar-refractivity contribution in [2.45, 2.75) is 0 Å². The van der Waals surface area contributed by atoms with E-state index in [9.17, 15) is 0 Å². The summed E-state index contributed by atoms with van der Waals surface area (Å²) in [6, 6.07) is 44.9. The molecule has 6 nitrogen and oxygen atoms in total. The van der Waals surface area contributed by atoms with Crippen molar-refractivity contribution in [1.82, 2.24) is 29.9 Å². The van der Waals surface area contributed by atoms with Crippen LogP contribution in [-0.2, 0) is 0 Å². The molecule has 0 amide bonds. The summed E-state index contributed by atoms with van der Waals surface area (Å²) >= 11 is 0. The fourth-order valence-electron chi connectivity index (χ4n) is 6.06. The molecule has 46 heavy (non-hydrogen) atoms. The van der Waals surface area contributed by atoms with Gasteiger partial charge in [0.05, 0.1) is 33.5 Å². The summed E-state index contributed by atoms with van der Waals surface area (Å²) in [5, 5.41) is 3.83. The molecule has 4 aromatic heterocycles. The minimum atomic E-state index is 0.639. The number of nitrogens with zero attached hydrogens (tertiary/aromatic N) is 6. The molecule has 0 aliphatic rings. The molecule has 0 unspecified atom stereocenters. The Kier molecular flexibility index (Phi) is 6.03. The molecular weight excluding hydrogens is 564 g/mol. The standard InChI is InChI=1S/C40H24N6/c1-3-11-25(12-4-1)35-21-31(39-41-23-27-15-7-9-17-33(27)45-39)29-19-20-30-32(40-42-24-28-16-8-10-18-34(28)46-40)22-36(26-13-5-2-6-14-26)44-38(30)37(29)43-35/h1-24H. The maximum atomic E-state index is 5.28. The normalized spacial score (nSPS) is 11.5. The van der Waals surface area contributed by atoms with E-state index >= 15 is 0 Å². The third kappa shape index (κ3) is 4.43. The molecule has 9 aromatic rings. The van der Waals surface area contributed by atoms with Gasteiger partial charge in [-0.15, -0.1) is 0 Å². The first-order valence-corrected chi connectivity index (χ1v) is 15.1. The van der Waals surface area contributed by atoms with Crippen molar-refractivity contribution >= 4 is 43.6 Å². The van der Waals surface area contributed by atoms with Gasteiger partial charge in [-0.05, 0) is 24.3 Å². The van der Waals surface area contributed by atoms with Crippen molar-refractivity contribution in [3.8, 4) is 45.3 Å². The van der Waals surface area contributed by atoms with Gasteiger partial charge in [-0.25, -0.2) is 29.9 Å². The van der Waals surface area contributed by atoms with Gasteiger partial charge in [0.1, 0.15) is 0 Å². The molecule has 214 valence electrons. The van der Waals surface area contributed by atoms with Crippen molar-refractivity contribution in [3.63, 3.8) is 0 Å². The molecule has 0 aliphatic heterocycles. The molecule has 0 fully saturated rings. The first kappa shape index (κ1) is 26.0. The monoisotopic (exact) mass is 588 g/mol. The third-order valence-corrected chi connectivity index (χ3v) is 8.36. The molecule has 0 bridgehead atoms. The number of pyridine rings is 2. The summed E-state index contributed by atoms with van der Waals surface area (Å²) in [7, 11) is 0. The van der Waals surface area contributed by atoms with Crippen LogP contribution in [0, 0.1) is 0 Å². The van der Waals surface area contributed by atoms with Crippen molar-refractivity contribution in [2.24, 2.45) is 0 Å². The SMILES string of the molecule is c1ccc(-c2cc(-c3ncc4ccccc4n3)c3ccc4c(-c5ncc6ccccc6n5)cc(-c5ccccc5)nc4c3n2)cc1. The Labute approximate surface area is 264 Å². The first-order chi connectivity index (χ1) is 22.8. The zero-order valence-corrected chi connectivity index (χ0v) is 24.5. The molecule has 0 atom stereocenters. The summed E-state index contributed by atoms with van der Waals surface area (Å²) in [6.07, 6.45) is 3.77. The topological polar surface area (TPSA) is 77.3 Å². The average Bonchev–Trinajstić information content (AvgIpc) is 3.14. The van der Waals surface area contributed by atoms with E-state index in [4.69, 9.17) is 29.9 Å². The Morgan fingerprint density at radius 2 is 0.783 bits per heavy atom. The highest BCUT2D eigenvalue weighted by Gasteiger charge is 2.19. The summed E-state index contributed by atoms with van der Waals surface area (Å²) < 4.78 is 0. The summed E-state index contributed by atoms with van der Waals surface area (Å²) in [5.74, 6) is 1.28. The van der Waals surface area contributed by atoms with Crippen LogP contribution in [0.5, 0.6) is 0 Å². The highest BCUT2D eigenvalue weighted by Crippen LogP contribution is 2.38. The third-order valence-electron chi connectivity index (χ3n) is 8.36. The molecule has 0 aliphatic carbocycles. The van der Waals surface area contributed by atoms with Crippen LogP contribution >= 0.6 is 0 Å². The quantitative estimate of drug-likeness (QED) is 0.191. The minimum absolute atomic E-state index is 0.639. The summed E-state index contributed by atoms with van der Waals surface area (Å²) in [5.41, 5.74) is 8.75. The molecule has 6 heteroatoms. The molecule has 4 heterocycles. The number of para-hydroxylation sites is 2. The Hall–Kier alpha value is -6.40. The van der Waals surface area contributed by atoms with E-state index in [1.165, 1.54) is 0 Å². The number of rotatable bonds is 4. The predicted molar refractivity (Wildman–Crippen MR) is 185 cm³/mol. The van der Waals surface area contributed by atoms with Gasteiger partial charge in [-0.1, -0.05) is 109 Å². The highest BCUT2D eigenvalue weighted by molar-refractivity contribution is 6.12.